The molecule has 188 valence electrons. The minimum atomic E-state index is -0.0124. The van der Waals surface area contributed by atoms with Crippen molar-refractivity contribution in [2.45, 2.75) is 46.6 Å². The number of nitrogens with zero attached hydrogens (tertiary/aromatic N) is 2. The molecule has 0 aliphatic heterocycles. The number of amides is 1. The van der Waals surface area contributed by atoms with Crippen molar-refractivity contribution >= 4 is 16.9 Å². The Morgan fingerprint density at radius 1 is 0.944 bits per heavy atom. The van der Waals surface area contributed by atoms with Crippen molar-refractivity contribution in [2.24, 2.45) is 0 Å². The van der Waals surface area contributed by atoms with Gasteiger partial charge in [0.15, 0.2) is 11.5 Å². The average Bonchev–Trinajstić information content (AvgIpc) is 3.21. The van der Waals surface area contributed by atoms with Crippen LogP contribution < -0.4 is 14.8 Å². The van der Waals surface area contributed by atoms with E-state index < -0.39 is 0 Å². The Morgan fingerprint density at radius 3 is 2.39 bits per heavy atom. The lowest BCUT2D eigenvalue weighted by Gasteiger charge is -2.15. The van der Waals surface area contributed by atoms with E-state index in [2.05, 4.69) is 61.0 Å². The summed E-state index contributed by atoms with van der Waals surface area (Å²) in [6.07, 6.45) is 1.90. The zero-order chi connectivity index (χ0) is 25.7. The summed E-state index contributed by atoms with van der Waals surface area (Å²) in [6.45, 7) is 7.89. The summed E-state index contributed by atoms with van der Waals surface area (Å²) in [5.74, 6) is 2.31. The van der Waals surface area contributed by atoms with Crippen LogP contribution in [0.2, 0.25) is 0 Å². The summed E-state index contributed by atoms with van der Waals surface area (Å²) in [5.41, 5.74) is 8.27. The van der Waals surface area contributed by atoms with Crippen LogP contribution in [0, 0.1) is 20.8 Å². The number of nitrogens with one attached hydrogen (secondary N) is 1. The van der Waals surface area contributed by atoms with Crippen LogP contribution >= 0.6 is 0 Å². The van der Waals surface area contributed by atoms with Crippen LogP contribution in [0.15, 0.2) is 54.6 Å². The summed E-state index contributed by atoms with van der Waals surface area (Å²) >= 11 is 0. The summed E-state index contributed by atoms with van der Waals surface area (Å²) in [5, 5.41) is 3.05. The molecule has 6 nitrogen and oxygen atoms in total. The van der Waals surface area contributed by atoms with Crippen LogP contribution in [0.3, 0.4) is 0 Å². The molecule has 0 saturated heterocycles. The van der Waals surface area contributed by atoms with Crippen LogP contribution in [0.1, 0.15) is 40.1 Å². The van der Waals surface area contributed by atoms with Crippen molar-refractivity contribution in [1.82, 2.24) is 14.9 Å². The number of rotatable bonds is 10. The maximum atomic E-state index is 12.5. The Morgan fingerprint density at radius 2 is 1.67 bits per heavy atom. The predicted molar refractivity (Wildman–Crippen MR) is 144 cm³/mol. The van der Waals surface area contributed by atoms with E-state index in [0.717, 1.165) is 41.8 Å². The first kappa shape index (κ1) is 25.3. The van der Waals surface area contributed by atoms with Crippen molar-refractivity contribution in [2.75, 3.05) is 20.8 Å². The van der Waals surface area contributed by atoms with Gasteiger partial charge in [0.1, 0.15) is 5.82 Å². The fourth-order valence-corrected chi connectivity index (χ4v) is 4.82. The minimum Gasteiger partial charge on any atom is -0.493 e. The van der Waals surface area contributed by atoms with Gasteiger partial charge in [-0.3, -0.25) is 4.79 Å². The largest absolute Gasteiger partial charge is 0.493 e. The zero-order valence-electron chi connectivity index (χ0n) is 21.9. The summed E-state index contributed by atoms with van der Waals surface area (Å²) in [4.78, 5) is 17.5. The number of methoxy groups -OCH3 is 2. The van der Waals surface area contributed by atoms with Gasteiger partial charge >= 0.3 is 0 Å². The maximum Gasteiger partial charge on any atom is 0.224 e. The molecule has 0 aliphatic carbocycles. The van der Waals surface area contributed by atoms with Gasteiger partial charge in [0.2, 0.25) is 5.91 Å². The number of benzene rings is 3. The Hall–Kier alpha value is -3.80. The highest BCUT2D eigenvalue weighted by molar-refractivity contribution is 5.79. The molecule has 0 bridgehead atoms. The maximum absolute atomic E-state index is 12.5. The highest BCUT2D eigenvalue weighted by atomic mass is 16.5. The Labute approximate surface area is 213 Å². The van der Waals surface area contributed by atoms with Crippen LogP contribution in [-0.4, -0.2) is 36.2 Å². The third kappa shape index (κ3) is 5.70. The van der Waals surface area contributed by atoms with E-state index in [-0.39, 0.29) is 5.91 Å². The highest BCUT2D eigenvalue weighted by Gasteiger charge is 2.14. The molecule has 4 rings (SSSR count). The summed E-state index contributed by atoms with van der Waals surface area (Å²) in [7, 11) is 3.19. The molecule has 1 N–H and O–H groups in total. The molecule has 1 heterocycles. The number of aromatic nitrogens is 2. The fraction of sp³-hybridized carbons (Fsp3) is 0.333. The summed E-state index contributed by atoms with van der Waals surface area (Å²) < 4.78 is 12.9. The van der Waals surface area contributed by atoms with Crippen molar-refractivity contribution in [3.05, 3.63) is 88.2 Å². The number of carbonyl (C=O) groups is 1. The molecule has 0 aliphatic rings. The van der Waals surface area contributed by atoms with Gasteiger partial charge in [0.05, 0.1) is 31.7 Å². The molecule has 6 heteroatoms. The molecule has 0 unspecified atom stereocenters. The van der Waals surface area contributed by atoms with E-state index in [1.54, 1.807) is 14.2 Å². The van der Waals surface area contributed by atoms with Crippen LogP contribution in [0.4, 0.5) is 0 Å². The minimum absolute atomic E-state index is 0.0124. The fourth-order valence-electron chi connectivity index (χ4n) is 4.82. The number of imidazole rings is 1. The lowest BCUT2D eigenvalue weighted by Crippen LogP contribution is -2.26. The molecule has 0 fully saturated rings. The molecule has 0 saturated carbocycles. The molecular weight excluding hydrogens is 450 g/mol. The van der Waals surface area contributed by atoms with Gasteiger partial charge in [-0.05, 0) is 73.7 Å². The van der Waals surface area contributed by atoms with E-state index in [1.165, 1.54) is 22.3 Å². The third-order valence-electron chi connectivity index (χ3n) is 6.60. The average molecular weight is 486 g/mol. The first-order chi connectivity index (χ1) is 17.4. The third-order valence-corrected chi connectivity index (χ3v) is 6.60. The Kier molecular flexibility index (Phi) is 7.93. The molecular formula is C30H35N3O3. The molecule has 1 amide bonds. The zero-order valence-corrected chi connectivity index (χ0v) is 21.9. The second-order valence-corrected chi connectivity index (χ2v) is 9.30. The number of fused-ring (bicyclic) bond motifs is 1. The Bertz CT molecular complexity index is 1350. The number of ether oxygens (including phenoxy) is 2. The molecule has 0 atom stereocenters. The van der Waals surface area contributed by atoms with E-state index >= 15 is 0 Å². The van der Waals surface area contributed by atoms with Crippen LogP contribution in [0.5, 0.6) is 11.5 Å². The van der Waals surface area contributed by atoms with E-state index in [9.17, 15) is 4.79 Å². The van der Waals surface area contributed by atoms with E-state index in [0.29, 0.717) is 24.5 Å². The van der Waals surface area contributed by atoms with Gasteiger partial charge in [0.25, 0.3) is 0 Å². The molecule has 4 aromatic rings. The smallest absolute Gasteiger partial charge is 0.224 e. The van der Waals surface area contributed by atoms with Crippen molar-refractivity contribution in [3.63, 3.8) is 0 Å². The lowest BCUT2D eigenvalue weighted by molar-refractivity contribution is -0.120. The highest BCUT2D eigenvalue weighted by Crippen LogP contribution is 2.28. The predicted octanol–water partition coefficient (Wildman–Crippen LogP) is 5.32. The number of hydrogen-bond donors (Lipinski definition) is 1. The molecule has 1 aromatic heterocycles. The van der Waals surface area contributed by atoms with Gasteiger partial charge in [-0.1, -0.05) is 35.9 Å². The number of para-hydroxylation sites is 2. The standard InChI is InChI=1S/C30H35N3O3/c1-20-15-21(2)24(22(3)16-20)19-33-26-10-7-6-9-25(26)32-29(33)11-8-14-31-30(34)18-23-12-13-27(35-4)28(17-23)36-5/h6-7,9-10,12-13,15-17H,8,11,14,18-19H2,1-5H3,(H,31,34). The molecule has 36 heavy (non-hydrogen) atoms. The second-order valence-electron chi connectivity index (χ2n) is 9.30. The second kappa shape index (κ2) is 11.3. The van der Waals surface area contributed by atoms with Gasteiger partial charge < -0.3 is 19.4 Å². The van der Waals surface area contributed by atoms with Gasteiger partial charge in [-0.15, -0.1) is 0 Å². The van der Waals surface area contributed by atoms with Gasteiger partial charge in [-0.25, -0.2) is 4.98 Å². The first-order valence-electron chi connectivity index (χ1n) is 12.4. The number of aryl methyl sites for hydroxylation is 4. The molecule has 0 radical (unpaired) electrons. The van der Waals surface area contributed by atoms with Crippen molar-refractivity contribution in [1.29, 1.82) is 0 Å². The molecule has 0 spiro atoms. The SMILES string of the molecule is COc1ccc(CC(=O)NCCCc2nc3ccccc3n2Cc2c(C)cc(C)cc2C)cc1OC. The number of hydrogen-bond acceptors (Lipinski definition) is 4. The van der Waals surface area contributed by atoms with Gasteiger partial charge in [0, 0.05) is 19.5 Å². The first-order valence-corrected chi connectivity index (χ1v) is 12.4. The van der Waals surface area contributed by atoms with Crippen molar-refractivity contribution < 1.29 is 14.3 Å². The normalized spacial score (nSPS) is 11.0. The van der Waals surface area contributed by atoms with E-state index in [4.69, 9.17) is 14.5 Å². The lowest BCUT2D eigenvalue weighted by atomic mass is 9.99. The van der Waals surface area contributed by atoms with E-state index in [1.807, 2.05) is 24.3 Å². The quantitative estimate of drug-likeness (QED) is 0.309. The van der Waals surface area contributed by atoms with Crippen LogP contribution in [0.25, 0.3) is 11.0 Å². The topological polar surface area (TPSA) is 65.4 Å². The monoisotopic (exact) mass is 485 g/mol. The van der Waals surface area contributed by atoms with Crippen molar-refractivity contribution in [3.8, 4) is 11.5 Å². The summed E-state index contributed by atoms with van der Waals surface area (Å²) in [6, 6.07) is 18.3. The Balaban J connectivity index is 1.41. The van der Waals surface area contributed by atoms with Gasteiger partial charge in [-0.2, -0.15) is 0 Å². The van der Waals surface area contributed by atoms with Crippen LogP contribution in [-0.2, 0) is 24.2 Å². The number of carbonyl (C=O) groups excluding carboxylic acids is 1. The molecule has 3 aromatic carbocycles.